The summed E-state index contributed by atoms with van der Waals surface area (Å²) in [5.41, 5.74) is 14.7. The van der Waals surface area contributed by atoms with Crippen molar-refractivity contribution in [3.05, 3.63) is 84.2 Å². The first-order valence-corrected chi connectivity index (χ1v) is 10.7. The average Bonchev–Trinajstić information content (AvgIpc) is 2.84. The number of H-pyrrole nitrogens is 1. The van der Waals surface area contributed by atoms with Crippen LogP contribution < -0.4 is 5.73 Å². The number of aromatic amines is 1. The summed E-state index contributed by atoms with van der Waals surface area (Å²) in [5, 5.41) is 13.6. The minimum atomic E-state index is 0.0842. The number of hydrogen-bond donors (Lipinski definition) is 3. The largest absolute Gasteiger partial charge is 0.396 e. The molecule has 0 aliphatic carbocycles. The summed E-state index contributed by atoms with van der Waals surface area (Å²) in [6.45, 7) is 0.597. The summed E-state index contributed by atoms with van der Waals surface area (Å²) in [5.74, 6) is 0. The van der Waals surface area contributed by atoms with Crippen LogP contribution in [0.3, 0.4) is 0 Å². The Morgan fingerprint density at radius 1 is 0.969 bits per heavy atom. The summed E-state index contributed by atoms with van der Waals surface area (Å²) >= 11 is 0. The second-order valence-electron chi connectivity index (χ2n) is 7.85. The summed E-state index contributed by atoms with van der Waals surface area (Å²) in [6, 6.07) is 22.7. The highest BCUT2D eigenvalue weighted by Crippen LogP contribution is 2.37. The second-order valence-corrected chi connectivity index (χ2v) is 7.85. The molecule has 0 aliphatic heterocycles. The number of aliphatic hydroxyl groups is 1. The summed E-state index contributed by atoms with van der Waals surface area (Å²) in [4.78, 5) is 9.79. The van der Waals surface area contributed by atoms with Gasteiger partial charge in [0.25, 0.3) is 0 Å². The molecule has 0 aliphatic rings. The van der Waals surface area contributed by atoms with Crippen LogP contribution in [0.25, 0.3) is 44.7 Å². The van der Waals surface area contributed by atoms with Crippen LogP contribution in [0.2, 0.25) is 0 Å². The first-order chi connectivity index (χ1) is 15.7. The van der Waals surface area contributed by atoms with Gasteiger partial charge in [0.1, 0.15) is 5.69 Å². The number of benzene rings is 2. The van der Waals surface area contributed by atoms with Crippen molar-refractivity contribution in [3.8, 4) is 33.8 Å². The van der Waals surface area contributed by atoms with Gasteiger partial charge in [0.05, 0.1) is 22.6 Å². The molecule has 0 radical (unpaired) electrons. The molecule has 4 N–H and O–H groups in total. The molecule has 0 amide bonds. The predicted molar refractivity (Wildman–Crippen MR) is 128 cm³/mol. The van der Waals surface area contributed by atoms with Gasteiger partial charge in [0, 0.05) is 49.3 Å². The third kappa shape index (κ3) is 3.49. The molecule has 5 aromatic rings. The van der Waals surface area contributed by atoms with Crippen molar-refractivity contribution in [2.45, 2.75) is 13.0 Å². The lowest BCUT2D eigenvalue weighted by molar-refractivity contribution is 0.295. The molecule has 0 fully saturated rings. The molecule has 0 saturated carbocycles. The fourth-order valence-electron chi connectivity index (χ4n) is 4.19. The number of pyridine rings is 2. The Balaban J connectivity index is 1.76. The number of fused-ring (bicyclic) bond motifs is 1. The van der Waals surface area contributed by atoms with E-state index in [-0.39, 0.29) is 6.61 Å². The van der Waals surface area contributed by atoms with Gasteiger partial charge in [-0.3, -0.25) is 9.67 Å². The Kier molecular flexibility index (Phi) is 5.31. The first-order valence-electron chi connectivity index (χ1n) is 10.7. The van der Waals surface area contributed by atoms with E-state index in [1.165, 1.54) is 0 Å². The second kappa shape index (κ2) is 8.42. The van der Waals surface area contributed by atoms with Gasteiger partial charge in [-0.05, 0) is 23.3 Å². The zero-order valence-electron chi connectivity index (χ0n) is 17.9. The summed E-state index contributed by atoms with van der Waals surface area (Å²) < 4.78 is 1.94. The molecule has 0 saturated heterocycles. The van der Waals surface area contributed by atoms with Gasteiger partial charge in [0.2, 0.25) is 0 Å². The Bertz CT molecular complexity index is 1370. The first kappa shape index (κ1) is 20.2. The average molecular weight is 424 g/mol. The molecule has 32 heavy (non-hydrogen) atoms. The number of aryl methyl sites for hydroxylation is 1. The minimum absolute atomic E-state index is 0.0842. The number of nitrogens with zero attached hydrogens (tertiary/aromatic N) is 3. The zero-order valence-corrected chi connectivity index (χ0v) is 17.9. The minimum Gasteiger partial charge on any atom is -0.396 e. The van der Waals surface area contributed by atoms with E-state index in [9.17, 15) is 5.11 Å². The molecule has 5 rings (SSSR count). The molecule has 6 heteroatoms. The Labute approximate surface area is 186 Å². The normalized spacial score (nSPS) is 11.3. The lowest BCUT2D eigenvalue weighted by Gasteiger charge is -2.21. The lowest BCUT2D eigenvalue weighted by Crippen LogP contribution is -2.17. The van der Waals surface area contributed by atoms with Crippen LogP contribution >= 0.6 is 0 Å². The van der Waals surface area contributed by atoms with Gasteiger partial charge < -0.3 is 15.9 Å². The van der Waals surface area contributed by atoms with Gasteiger partial charge in [0.15, 0.2) is 0 Å². The number of rotatable bonds is 6. The number of nitrogens with two attached hydrogens (primary N) is 1. The van der Waals surface area contributed by atoms with E-state index >= 15 is 0 Å². The van der Waals surface area contributed by atoms with E-state index in [0.29, 0.717) is 13.0 Å². The van der Waals surface area contributed by atoms with E-state index in [1.54, 1.807) is 6.20 Å². The molecular weight excluding hydrogens is 398 g/mol. The molecule has 6 nitrogen and oxygen atoms in total. The number of nitrogens with one attached hydrogen (secondary N) is 1. The van der Waals surface area contributed by atoms with Crippen molar-refractivity contribution >= 4 is 10.9 Å². The molecule has 2 aromatic carbocycles. The highest BCUT2D eigenvalue weighted by Gasteiger charge is 2.20. The van der Waals surface area contributed by atoms with E-state index in [0.717, 1.165) is 55.9 Å². The van der Waals surface area contributed by atoms with Gasteiger partial charge in [-0.2, -0.15) is 0 Å². The summed E-state index contributed by atoms with van der Waals surface area (Å²) in [7, 11) is 1.95. The van der Waals surface area contributed by atoms with Gasteiger partial charge >= 0.3 is 0 Å². The third-order valence-corrected chi connectivity index (χ3v) is 5.80. The topological polar surface area (TPSA) is 92.8 Å². The van der Waals surface area contributed by atoms with Crippen LogP contribution in [0.15, 0.2) is 72.9 Å². The third-order valence-electron chi connectivity index (χ3n) is 5.80. The molecular formula is C26H25N5O. The summed E-state index contributed by atoms with van der Waals surface area (Å²) in [6.07, 6.45) is 2.35. The van der Waals surface area contributed by atoms with Crippen molar-refractivity contribution in [2.75, 3.05) is 6.61 Å². The van der Waals surface area contributed by atoms with Crippen LogP contribution in [0, 0.1) is 0 Å². The van der Waals surface area contributed by atoms with Crippen LogP contribution in [-0.4, -0.2) is 31.5 Å². The number of aromatic nitrogens is 4. The molecule has 3 heterocycles. The molecule has 0 spiro atoms. The molecule has 0 atom stereocenters. The highest BCUT2D eigenvalue weighted by atomic mass is 16.3. The van der Waals surface area contributed by atoms with Gasteiger partial charge in [-0.15, -0.1) is 0 Å². The fourth-order valence-corrected chi connectivity index (χ4v) is 4.19. The predicted octanol–water partition coefficient (Wildman–Crippen LogP) is 4.29. The number of hydrogen-bond acceptors (Lipinski definition) is 4. The Morgan fingerprint density at radius 2 is 1.75 bits per heavy atom. The van der Waals surface area contributed by atoms with E-state index in [1.807, 2.05) is 36.0 Å². The van der Waals surface area contributed by atoms with Crippen LogP contribution in [0.4, 0.5) is 0 Å². The quantitative estimate of drug-likeness (QED) is 0.380. The number of aliphatic hydroxyl groups excluding tert-OH is 1. The van der Waals surface area contributed by atoms with Crippen molar-refractivity contribution in [1.29, 1.82) is 0 Å². The molecule has 0 unspecified atom stereocenters. The van der Waals surface area contributed by atoms with Crippen molar-refractivity contribution in [3.63, 3.8) is 0 Å². The zero-order chi connectivity index (χ0) is 22.1. The standard InChI is InChI=1S/C26H25N5O/c1-31-26(23(30-31)12-14-32)25-21-15-20(18-5-3-2-4-6-18)24(29-22(21)11-13-28-25)19-9-7-17(16-27)8-10-19/h2-11,13,15,30,32H,12,14,16,27H2,1H3. The van der Waals surface area contributed by atoms with Crippen molar-refractivity contribution < 1.29 is 5.11 Å². The van der Waals surface area contributed by atoms with E-state index in [2.05, 4.69) is 47.6 Å². The van der Waals surface area contributed by atoms with Crippen LogP contribution in [0.5, 0.6) is 0 Å². The molecule has 0 bridgehead atoms. The Hall–Kier alpha value is -3.74. The van der Waals surface area contributed by atoms with Crippen molar-refractivity contribution in [1.82, 2.24) is 19.7 Å². The Morgan fingerprint density at radius 3 is 2.44 bits per heavy atom. The maximum atomic E-state index is 9.43. The lowest BCUT2D eigenvalue weighted by atomic mass is 9.96. The molecule has 3 aromatic heterocycles. The smallest absolute Gasteiger partial charge is 0.104 e. The monoisotopic (exact) mass is 423 g/mol. The molecule has 160 valence electrons. The highest BCUT2D eigenvalue weighted by molar-refractivity contribution is 5.98. The van der Waals surface area contributed by atoms with Gasteiger partial charge in [-0.1, -0.05) is 54.6 Å². The van der Waals surface area contributed by atoms with Gasteiger partial charge in [-0.25, -0.2) is 4.98 Å². The maximum Gasteiger partial charge on any atom is 0.104 e. The van der Waals surface area contributed by atoms with Crippen LogP contribution in [-0.2, 0) is 20.0 Å². The maximum absolute atomic E-state index is 9.43. The fraction of sp³-hybridized carbons (Fsp3) is 0.154. The van der Waals surface area contributed by atoms with Crippen LogP contribution in [0.1, 0.15) is 11.3 Å². The van der Waals surface area contributed by atoms with E-state index in [4.69, 9.17) is 15.7 Å². The van der Waals surface area contributed by atoms with E-state index < -0.39 is 0 Å². The van der Waals surface area contributed by atoms with Crippen molar-refractivity contribution in [2.24, 2.45) is 12.8 Å². The SMILES string of the molecule is Cn1[nH]c(CCO)c1-c1nccc2nc(-c3ccc(CN)cc3)c(-c3ccccc3)cc12.